The molecule has 0 spiro atoms. The highest BCUT2D eigenvalue weighted by Crippen LogP contribution is 2.37. The molecule has 1 amide bonds. The summed E-state index contributed by atoms with van der Waals surface area (Å²) in [5.74, 6) is -2.28. The van der Waals surface area contributed by atoms with E-state index in [-0.39, 0.29) is 5.56 Å². The van der Waals surface area contributed by atoms with Gasteiger partial charge < -0.3 is 10.3 Å². The van der Waals surface area contributed by atoms with Gasteiger partial charge in [0.25, 0.3) is 0 Å². The highest BCUT2D eigenvalue weighted by molar-refractivity contribution is 5.88. The summed E-state index contributed by atoms with van der Waals surface area (Å²) in [4.78, 5) is 27.0. The molecule has 0 aliphatic rings. The third kappa shape index (κ3) is 3.73. The van der Waals surface area contributed by atoms with Crippen LogP contribution in [0, 0.1) is 0 Å². The Labute approximate surface area is 168 Å². The quantitative estimate of drug-likeness (QED) is 0.522. The molecule has 0 aliphatic carbocycles. The number of fused-ring (bicyclic) bond motifs is 1. The fraction of sp³-hybridized carbons (Fsp3) is 0.211. The fourth-order valence-electron chi connectivity index (χ4n) is 3.12. The third-order valence-electron chi connectivity index (χ3n) is 4.68. The lowest BCUT2D eigenvalue weighted by molar-refractivity contribution is -0.157. The van der Waals surface area contributed by atoms with Crippen molar-refractivity contribution >= 4 is 17.1 Å². The Bertz CT molecular complexity index is 1180. The molecule has 0 fully saturated rings. The first kappa shape index (κ1) is 19.6. The Hall–Kier alpha value is -3.76. The number of pyridine rings is 2. The van der Waals surface area contributed by atoms with Crippen molar-refractivity contribution in [3.63, 3.8) is 0 Å². The molecule has 0 saturated carbocycles. The van der Waals surface area contributed by atoms with E-state index in [0.717, 1.165) is 17.3 Å². The molecule has 0 saturated heterocycles. The standard InChI is InChI=1S/C19H16F3N7O/c1-23-16(30)6-14(19(20,21)22)11-2-3-15(25-7-11)29-9-12(8-28-29)13-4-5-24-18-17(13)26-10-27-18/h2-5,7-10,14H,6H2,1H3,(H,23,30)(H,24,26,27)/t14-/m1/s1. The number of H-pyrrole nitrogens is 1. The Balaban J connectivity index is 1.62. The molecular formula is C19H16F3N7O. The Morgan fingerprint density at radius 3 is 2.73 bits per heavy atom. The molecule has 0 bridgehead atoms. The van der Waals surface area contributed by atoms with E-state index in [2.05, 4.69) is 30.4 Å². The number of aromatic nitrogens is 6. The molecule has 30 heavy (non-hydrogen) atoms. The summed E-state index contributed by atoms with van der Waals surface area (Å²) in [6.45, 7) is 0. The van der Waals surface area contributed by atoms with Gasteiger partial charge in [-0.25, -0.2) is 19.6 Å². The summed E-state index contributed by atoms with van der Waals surface area (Å²) >= 11 is 0. The van der Waals surface area contributed by atoms with Crippen LogP contribution in [0.3, 0.4) is 0 Å². The van der Waals surface area contributed by atoms with E-state index in [1.54, 1.807) is 31.0 Å². The molecule has 4 heterocycles. The number of imidazole rings is 1. The van der Waals surface area contributed by atoms with Crippen molar-refractivity contribution in [2.75, 3.05) is 7.05 Å². The number of carbonyl (C=O) groups excluding carboxylic acids is 1. The highest BCUT2D eigenvalue weighted by Gasteiger charge is 2.42. The van der Waals surface area contributed by atoms with Crippen molar-refractivity contribution in [1.29, 1.82) is 0 Å². The summed E-state index contributed by atoms with van der Waals surface area (Å²) in [7, 11) is 1.30. The molecule has 0 aliphatic heterocycles. The van der Waals surface area contributed by atoms with E-state index in [0.29, 0.717) is 17.0 Å². The zero-order chi connectivity index (χ0) is 21.3. The number of nitrogens with one attached hydrogen (secondary N) is 2. The lowest BCUT2D eigenvalue weighted by Gasteiger charge is -2.19. The van der Waals surface area contributed by atoms with Crippen LogP contribution in [0.4, 0.5) is 13.2 Å². The van der Waals surface area contributed by atoms with Gasteiger partial charge in [-0.2, -0.15) is 18.3 Å². The zero-order valence-corrected chi connectivity index (χ0v) is 15.7. The van der Waals surface area contributed by atoms with E-state index < -0.39 is 24.4 Å². The first-order valence-corrected chi connectivity index (χ1v) is 8.93. The van der Waals surface area contributed by atoms with Crippen molar-refractivity contribution in [2.45, 2.75) is 18.5 Å². The molecule has 4 aromatic heterocycles. The number of aromatic amines is 1. The van der Waals surface area contributed by atoms with Crippen LogP contribution in [0.15, 0.2) is 49.3 Å². The van der Waals surface area contributed by atoms with Gasteiger partial charge in [0, 0.05) is 43.2 Å². The van der Waals surface area contributed by atoms with Gasteiger partial charge in [0.2, 0.25) is 5.91 Å². The predicted octanol–water partition coefficient (Wildman–Crippen LogP) is 2.99. The maximum atomic E-state index is 13.4. The minimum absolute atomic E-state index is 0.0883. The summed E-state index contributed by atoms with van der Waals surface area (Å²) in [6, 6.07) is 4.54. The molecule has 1 atom stereocenters. The van der Waals surface area contributed by atoms with Crippen LogP contribution in [-0.4, -0.2) is 48.8 Å². The zero-order valence-electron chi connectivity index (χ0n) is 15.7. The average Bonchev–Trinajstić information content (AvgIpc) is 3.40. The van der Waals surface area contributed by atoms with Crippen molar-refractivity contribution in [2.24, 2.45) is 0 Å². The molecule has 0 aromatic carbocycles. The van der Waals surface area contributed by atoms with Crippen molar-refractivity contribution in [3.8, 4) is 16.9 Å². The van der Waals surface area contributed by atoms with Crippen molar-refractivity contribution < 1.29 is 18.0 Å². The topological polar surface area (TPSA) is 101 Å². The van der Waals surface area contributed by atoms with Gasteiger partial charge in [0.1, 0.15) is 5.52 Å². The largest absolute Gasteiger partial charge is 0.396 e. The minimum Gasteiger partial charge on any atom is -0.359 e. The predicted molar refractivity (Wildman–Crippen MR) is 102 cm³/mol. The van der Waals surface area contributed by atoms with Gasteiger partial charge in [-0.3, -0.25) is 4.79 Å². The molecule has 0 unspecified atom stereocenters. The maximum absolute atomic E-state index is 13.4. The van der Waals surface area contributed by atoms with Crippen LogP contribution in [0.25, 0.3) is 28.1 Å². The number of nitrogens with zero attached hydrogens (tertiary/aromatic N) is 5. The number of hydrogen-bond acceptors (Lipinski definition) is 5. The second kappa shape index (κ2) is 7.58. The SMILES string of the molecule is CNC(=O)C[C@H](c1ccc(-n2cc(-c3ccnc4[nH]cnc34)cn2)nc1)C(F)(F)F. The third-order valence-corrected chi connectivity index (χ3v) is 4.68. The van der Waals surface area contributed by atoms with Gasteiger partial charge in [-0.1, -0.05) is 6.07 Å². The number of halogens is 3. The second-order valence-electron chi connectivity index (χ2n) is 6.55. The van der Waals surface area contributed by atoms with Gasteiger partial charge in [-0.15, -0.1) is 0 Å². The van der Waals surface area contributed by atoms with Crippen LogP contribution in [-0.2, 0) is 4.79 Å². The summed E-state index contributed by atoms with van der Waals surface area (Å²) in [6.07, 6.45) is 2.36. The number of carbonyl (C=O) groups is 1. The molecule has 0 radical (unpaired) electrons. The van der Waals surface area contributed by atoms with Crippen LogP contribution >= 0.6 is 0 Å². The van der Waals surface area contributed by atoms with E-state index >= 15 is 0 Å². The lowest BCUT2D eigenvalue weighted by Crippen LogP contribution is -2.28. The molecule has 4 rings (SSSR count). The molecule has 11 heteroatoms. The van der Waals surface area contributed by atoms with Gasteiger partial charge in [0.05, 0.1) is 18.4 Å². The Morgan fingerprint density at radius 2 is 2.03 bits per heavy atom. The fourth-order valence-corrected chi connectivity index (χ4v) is 3.12. The average molecular weight is 415 g/mol. The van der Waals surface area contributed by atoms with Crippen LogP contribution in [0.5, 0.6) is 0 Å². The lowest BCUT2D eigenvalue weighted by atomic mass is 9.96. The number of amides is 1. The van der Waals surface area contributed by atoms with Gasteiger partial charge >= 0.3 is 6.18 Å². The molecule has 4 aromatic rings. The molecule has 154 valence electrons. The van der Waals surface area contributed by atoms with Crippen LogP contribution < -0.4 is 5.32 Å². The van der Waals surface area contributed by atoms with Crippen LogP contribution in [0.2, 0.25) is 0 Å². The monoisotopic (exact) mass is 415 g/mol. The Kier molecular flexibility index (Phi) is 4.94. The highest BCUT2D eigenvalue weighted by atomic mass is 19.4. The number of rotatable bonds is 5. The van der Waals surface area contributed by atoms with Crippen molar-refractivity contribution in [1.82, 2.24) is 35.0 Å². The first-order valence-electron chi connectivity index (χ1n) is 8.93. The maximum Gasteiger partial charge on any atom is 0.396 e. The van der Waals surface area contributed by atoms with Crippen molar-refractivity contribution in [3.05, 3.63) is 54.9 Å². The molecule has 8 nitrogen and oxygen atoms in total. The first-order chi connectivity index (χ1) is 14.4. The normalized spacial score (nSPS) is 12.8. The molecule has 2 N–H and O–H groups in total. The summed E-state index contributed by atoms with van der Waals surface area (Å²) in [5.41, 5.74) is 2.80. The van der Waals surface area contributed by atoms with Crippen LogP contribution in [0.1, 0.15) is 17.9 Å². The summed E-state index contributed by atoms with van der Waals surface area (Å²) in [5, 5.41) is 6.47. The van der Waals surface area contributed by atoms with Gasteiger partial charge in [-0.05, 0) is 17.7 Å². The minimum atomic E-state index is -4.56. The van der Waals surface area contributed by atoms with E-state index in [9.17, 15) is 18.0 Å². The van der Waals surface area contributed by atoms with E-state index in [4.69, 9.17) is 0 Å². The second-order valence-corrected chi connectivity index (χ2v) is 6.55. The molecular weight excluding hydrogens is 399 g/mol. The number of hydrogen-bond donors (Lipinski definition) is 2. The van der Waals surface area contributed by atoms with E-state index in [1.807, 2.05) is 0 Å². The summed E-state index contributed by atoms with van der Waals surface area (Å²) < 4.78 is 41.6. The smallest absolute Gasteiger partial charge is 0.359 e. The Morgan fingerprint density at radius 1 is 1.20 bits per heavy atom. The van der Waals surface area contributed by atoms with E-state index in [1.165, 1.54) is 23.9 Å². The number of alkyl halides is 3. The van der Waals surface area contributed by atoms with Gasteiger partial charge in [0.15, 0.2) is 11.5 Å².